The number of carbonyl (C=O) groups excluding carboxylic acids is 1. The van der Waals surface area contributed by atoms with Crippen LogP contribution in [0.25, 0.3) is 0 Å². The maximum atomic E-state index is 12.3. The number of carbonyl (C=O) groups is 1. The van der Waals surface area contributed by atoms with Crippen molar-refractivity contribution in [1.29, 1.82) is 0 Å². The first kappa shape index (κ1) is 14.2. The van der Waals surface area contributed by atoms with E-state index in [1.54, 1.807) is 24.3 Å². The number of ketones is 1. The number of Topliss-reactive ketones (excluding diaryl/α,β-unsaturated/α-hetero) is 1. The number of benzene rings is 1. The molecule has 0 heterocycles. The van der Waals surface area contributed by atoms with Gasteiger partial charge in [0, 0.05) is 18.5 Å². The third-order valence-electron chi connectivity index (χ3n) is 3.73. The average Bonchev–Trinajstić information content (AvgIpc) is 2.46. The van der Waals surface area contributed by atoms with Gasteiger partial charge in [-0.3, -0.25) is 13.7 Å². The monoisotopic (exact) mass is 281 g/mol. The SMILES string of the molecule is CN(c1ccc(C(=O)C2CCCCC2)cc1)S(=O)O. The summed E-state index contributed by atoms with van der Waals surface area (Å²) in [5.41, 5.74) is 1.33. The molecule has 0 amide bonds. The number of anilines is 1. The largest absolute Gasteiger partial charge is 0.294 e. The lowest BCUT2D eigenvalue weighted by atomic mass is 9.84. The van der Waals surface area contributed by atoms with Crippen LogP contribution >= 0.6 is 0 Å². The molecule has 1 aliphatic carbocycles. The fourth-order valence-corrected chi connectivity index (χ4v) is 2.83. The quantitative estimate of drug-likeness (QED) is 0.681. The van der Waals surface area contributed by atoms with Crippen LogP contribution in [0, 0.1) is 5.92 Å². The van der Waals surface area contributed by atoms with Gasteiger partial charge in [-0.25, -0.2) is 4.21 Å². The number of hydrogen-bond donors (Lipinski definition) is 1. The van der Waals surface area contributed by atoms with E-state index in [1.807, 2.05) is 0 Å². The summed E-state index contributed by atoms with van der Waals surface area (Å²) in [5, 5.41) is 0. The van der Waals surface area contributed by atoms with Gasteiger partial charge in [0.05, 0.1) is 5.69 Å². The lowest BCUT2D eigenvalue weighted by Crippen LogP contribution is -2.20. The van der Waals surface area contributed by atoms with Gasteiger partial charge in [-0.2, -0.15) is 0 Å². The van der Waals surface area contributed by atoms with Gasteiger partial charge in [0.25, 0.3) is 11.3 Å². The van der Waals surface area contributed by atoms with Gasteiger partial charge in [-0.1, -0.05) is 19.3 Å². The molecule has 0 spiro atoms. The topological polar surface area (TPSA) is 57.6 Å². The smallest absolute Gasteiger partial charge is 0.261 e. The van der Waals surface area contributed by atoms with Crippen molar-refractivity contribution >= 4 is 22.7 Å². The van der Waals surface area contributed by atoms with E-state index in [4.69, 9.17) is 4.55 Å². The standard InChI is InChI=1S/C14H19NO3S/c1-15(19(17)18)13-9-7-12(8-10-13)14(16)11-5-3-2-4-6-11/h7-11H,2-6H2,1H3,(H,17,18). The van der Waals surface area contributed by atoms with E-state index in [0.717, 1.165) is 25.7 Å². The summed E-state index contributed by atoms with van der Waals surface area (Å²) < 4.78 is 21.2. The zero-order chi connectivity index (χ0) is 13.8. The predicted octanol–water partition coefficient (Wildman–Crippen LogP) is 3.02. The highest BCUT2D eigenvalue weighted by atomic mass is 32.2. The maximum absolute atomic E-state index is 12.3. The molecule has 1 aromatic rings. The predicted molar refractivity (Wildman–Crippen MR) is 76.5 cm³/mol. The molecule has 1 saturated carbocycles. The number of nitrogens with zero attached hydrogens (tertiary/aromatic N) is 1. The second-order valence-corrected chi connectivity index (χ2v) is 5.98. The third-order valence-corrected chi connectivity index (χ3v) is 4.41. The zero-order valence-electron chi connectivity index (χ0n) is 11.0. The van der Waals surface area contributed by atoms with Crippen LogP contribution in [0.1, 0.15) is 42.5 Å². The van der Waals surface area contributed by atoms with E-state index in [1.165, 1.54) is 17.8 Å². The highest BCUT2D eigenvalue weighted by Crippen LogP contribution is 2.27. The van der Waals surface area contributed by atoms with E-state index >= 15 is 0 Å². The highest BCUT2D eigenvalue weighted by molar-refractivity contribution is 7.80. The van der Waals surface area contributed by atoms with E-state index < -0.39 is 11.3 Å². The molecule has 1 N–H and O–H groups in total. The van der Waals surface area contributed by atoms with Gasteiger partial charge in [0.2, 0.25) is 0 Å². The Balaban J connectivity index is 2.09. The first-order valence-corrected chi connectivity index (χ1v) is 7.65. The molecule has 19 heavy (non-hydrogen) atoms. The molecule has 0 saturated heterocycles. The van der Waals surface area contributed by atoms with Crippen LogP contribution in [0.3, 0.4) is 0 Å². The van der Waals surface area contributed by atoms with Crippen LogP contribution in [0.4, 0.5) is 5.69 Å². The summed E-state index contributed by atoms with van der Waals surface area (Å²) in [4.78, 5) is 12.3. The summed E-state index contributed by atoms with van der Waals surface area (Å²) in [6, 6.07) is 6.92. The normalized spacial score (nSPS) is 18.0. The molecule has 0 radical (unpaired) electrons. The second-order valence-electron chi connectivity index (χ2n) is 4.97. The average molecular weight is 281 g/mol. The Morgan fingerprint density at radius 1 is 1.21 bits per heavy atom. The van der Waals surface area contributed by atoms with Gasteiger partial charge in [0.15, 0.2) is 5.78 Å². The van der Waals surface area contributed by atoms with Crippen LogP contribution < -0.4 is 4.31 Å². The molecule has 1 aromatic carbocycles. The summed E-state index contributed by atoms with van der Waals surface area (Å²) in [6.07, 6.45) is 5.49. The molecule has 104 valence electrons. The van der Waals surface area contributed by atoms with Crippen molar-refractivity contribution in [3.8, 4) is 0 Å². The number of rotatable bonds is 4. The minimum atomic E-state index is -2.03. The van der Waals surface area contributed by atoms with Crippen molar-refractivity contribution < 1.29 is 13.6 Å². The van der Waals surface area contributed by atoms with Crippen molar-refractivity contribution in [2.75, 3.05) is 11.4 Å². The summed E-state index contributed by atoms with van der Waals surface area (Å²) in [6.45, 7) is 0. The Morgan fingerprint density at radius 2 is 1.79 bits per heavy atom. The first-order chi connectivity index (χ1) is 9.09. The zero-order valence-corrected chi connectivity index (χ0v) is 11.9. The van der Waals surface area contributed by atoms with Gasteiger partial charge >= 0.3 is 0 Å². The van der Waals surface area contributed by atoms with Crippen molar-refractivity contribution in [3.63, 3.8) is 0 Å². The van der Waals surface area contributed by atoms with Crippen LogP contribution in [0.2, 0.25) is 0 Å². The maximum Gasteiger partial charge on any atom is 0.261 e. The van der Waals surface area contributed by atoms with Crippen LogP contribution in [-0.2, 0) is 11.3 Å². The molecule has 0 aromatic heterocycles. The molecule has 1 fully saturated rings. The van der Waals surface area contributed by atoms with Crippen molar-refractivity contribution in [2.45, 2.75) is 32.1 Å². The summed E-state index contributed by atoms with van der Waals surface area (Å²) >= 11 is -2.03. The highest BCUT2D eigenvalue weighted by Gasteiger charge is 2.22. The van der Waals surface area contributed by atoms with E-state index in [2.05, 4.69) is 0 Å². The van der Waals surface area contributed by atoms with Crippen molar-refractivity contribution in [3.05, 3.63) is 29.8 Å². The fraction of sp³-hybridized carbons (Fsp3) is 0.500. The minimum absolute atomic E-state index is 0.157. The van der Waals surface area contributed by atoms with Crippen LogP contribution in [-0.4, -0.2) is 21.6 Å². The van der Waals surface area contributed by atoms with Gasteiger partial charge in [-0.05, 0) is 37.1 Å². The van der Waals surface area contributed by atoms with Gasteiger partial charge in [0.1, 0.15) is 0 Å². The van der Waals surface area contributed by atoms with E-state index in [9.17, 15) is 9.00 Å². The molecular weight excluding hydrogens is 262 g/mol. The Bertz CT molecular complexity index is 466. The third kappa shape index (κ3) is 3.42. The van der Waals surface area contributed by atoms with Crippen LogP contribution in [0.5, 0.6) is 0 Å². The lowest BCUT2D eigenvalue weighted by molar-refractivity contribution is 0.0889. The van der Waals surface area contributed by atoms with Gasteiger partial charge < -0.3 is 0 Å². The van der Waals surface area contributed by atoms with Crippen molar-refractivity contribution in [2.24, 2.45) is 5.92 Å². The molecule has 1 atom stereocenters. The Kier molecular flexibility index (Phi) is 4.71. The molecule has 0 aliphatic heterocycles. The van der Waals surface area contributed by atoms with Crippen molar-refractivity contribution in [1.82, 2.24) is 0 Å². The molecule has 1 aliphatic rings. The fourth-order valence-electron chi connectivity index (χ4n) is 2.53. The molecule has 1 unspecified atom stereocenters. The summed E-state index contributed by atoms with van der Waals surface area (Å²) in [5.74, 6) is 0.364. The second kappa shape index (κ2) is 6.30. The molecule has 0 bridgehead atoms. The summed E-state index contributed by atoms with van der Waals surface area (Å²) in [7, 11) is 1.54. The molecular formula is C14H19NO3S. The van der Waals surface area contributed by atoms with E-state index in [0.29, 0.717) is 11.3 Å². The van der Waals surface area contributed by atoms with E-state index in [-0.39, 0.29) is 11.7 Å². The molecule has 2 rings (SSSR count). The molecule has 5 heteroatoms. The number of hydrogen-bond acceptors (Lipinski definition) is 2. The Hall–Kier alpha value is -1.20. The minimum Gasteiger partial charge on any atom is -0.294 e. The molecule has 4 nitrogen and oxygen atoms in total. The Morgan fingerprint density at radius 3 is 2.32 bits per heavy atom. The van der Waals surface area contributed by atoms with Crippen LogP contribution in [0.15, 0.2) is 24.3 Å². The van der Waals surface area contributed by atoms with Gasteiger partial charge in [-0.15, -0.1) is 0 Å². The first-order valence-electron chi connectivity index (χ1n) is 6.58. The Labute approximate surface area is 116 Å². The lowest BCUT2D eigenvalue weighted by Gasteiger charge is -2.20.